The summed E-state index contributed by atoms with van der Waals surface area (Å²) in [4.78, 5) is 23.8. The fraction of sp³-hybridized carbons (Fsp3) is 0.733. The molecule has 1 N–H and O–H groups in total. The third kappa shape index (κ3) is 3.43. The lowest BCUT2D eigenvalue weighted by atomic mass is 9.44. The summed E-state index contributed by atoms with van der Waals surface area (Å²) in [6.45, 7) is 15.9. The Morgan fingerprint density at radius 2 is 1.82 bits per heavy atom. The molecule has 3 nitrogen and oxygen atoms in total. The average molecular weight is 453 g/mol. The van der Waals surface area contributed by atoms with Crippen molar-refractivity contribution < 1.29 is 14.7 Å². The van der Waals surface area contributed by atoms with Gasteiger partial charge in [-0.2, -0.15) is 0 Å². The fourth-order valence-electron chi connectivity index (χ4n) is 8.83. The molecule has 0 radical (unpaired) electrons. The van der Waals surface area contributed by atoms with E-state index in [4.69, 9.17) is 5.11 Å². The van der Waals surface area contributed by atoms with Crippen molar-refractivity contribution in [2.24, 2.45) is 39.4 Å². The molecule has 0 amide bonds. The van der Waals surface area contributed by atoms with Crippen LogP contribution in [0.25, 0.3) is 0 Å². The van der Waals surface area contributed by atoms with Gasteiger partial charge in [-0.25, -0.2) is 4.79 Å². The minimum absolute atomic E-state index is 0.0121. The Bertz CT molecular complexity index is 950. The van der Waals surface area contributed by atoms with Crippen molar-refractivity contribution in [3.05, 3.63) is 34.9 Å². The molecule has 0 aromatic heterocycles. The summed E-state index contributed by atoms with van der Waals surface area (Å²) in [5, 5.41) is 9.15. The molecular weight excluding hydrogens is 408 g/mol. The van der Waals surface area contributed by atoms with Crippen LogP contribution >= 0.6 is 0 Å². The first kappa shape index (κ1) is 24.5. The summed E-state index contributed by atoms with van der Waals surface area (Å²) in [5.41, 5.74) is 4.11. The molecular formula is C30H44O3. The van der Waals surface area contributed by atoms with Crippen LogP contribution in [-0.2, 0) is 9.59 Å². The lowest BCUT2D eigenvalue weighted by Gasteiger charge is -2.59. The number of hydrogen-bond acceptors (Lipinski definition) is 2. The summed E-state index contributed by atoms with van der Waals surface area (Å²) >= 11 is 0. The predicted molar refractivity (Wildman–Crippen MR) is 134 cm³/mol. The molecule has 0 saturated heterocycles. The lowest BCUT2D eigenvalue weighted by Crippen LogP contribution is -2.52. The van der Waals surface area contributed by atoms with Gasteiger partial charge >= 0.3 is 5.97 Å². The maximum Gasteiger partial charge on any atom is 0.330 e. The number of aliphatic carboxylic acids is 1. The SMILES string of the molecule is C/C(=C\CC[C@@H](C)[C@H]1CC[C@@]2(C)C3=C(CC[C@]12C)[C@@]1(C)C=CC(=O)C(C)(C)[C@@H]1CC3)C(=O)O. The van der Waals surface area contributed by atoms with Crippen LogP contribution in [-0.4, -0.2) is 16.9 Å². The summed E-state index contributed by atoms with van der Waals surface area (Å²) < 4.78 is 0. The summed E-state index contributed by atoms with van der Waals surface area (Å²) in [6.07, 6.45) is 15.1. The van der Waals surface area contributed by atoms with E-state index in [1.54, 1.807) is 18.1 Å². The molecule has 1 fully saturated rings. The van der Waals surface area contributed by atoms with E-state index in [9.17, 15) is 9.59 Å². The Morgan fingerprint density at radius 1 is 1.12 bits per heavy atom. The molecule has 6 atom stereocenters. The van der Waals surface area contributed by atoms with Gasteiger partial charge < -0.3 is 5.11 Å². The molecule has 0 aliphatic heterocycles. The highest BCUT2D eigenvalue weighted by molar-refractivity contribution is 5.96. The number of hydrogen-bond donors (Lipinski definition) is 1. The van der Waals surface area contributed by atoms with E-state index in [1.165, 1.54) is 19.3 Å². The van der Waals surface area contributed by atoms with E-state index in [0.29, 0.717) is 34.5 Å². The van der Waals surface area contributed by atoms with E-state index < -0.39 is 5.97 Å². The molecule has 0 unspecified atom stereocenters. The number of carboxylic acids is 1. The Morgan fingerprint density at radius 3 is 2.48 bits per heavy atom. The third-order valence-corrected chi connectivity index (χ3v) is 11.2. The third-order valence-electron chi connectivity index (χ3n) is 11.2. The fourth-order valence-corrected chi connectivity index (χ4v) is 8.83. The van der Waals surface area contributed by atoms with E-state index in [0.717, 1.165) is 32.1 Å². The van der Waals surface area contributed by atoms with Gasteiger partial charge in [-0.1, -0.05) is 64.8 Å². The zero-order valence-corrected chi connectivity index (χ0v) is 21.9. The second kappa shape index (κ2) is 7.95. The van der Waals surface area contributed by atoms with E-state index in [-0.39, 0.29) is 16.2 Å². The van der Waals surface area contributed by atoms with Gasteiger partial charge in [-0.15, -0.1) is 0 Å². The molecule has 182 valence electrons. The van der Waals surface area contributed by atoms with Gasteiger partial charge in [-0.05, 0) is 93.0 Å². The molecule has 33 heavy (non-hydrogen) atoms. The van der Waals surface area contributed by atoms with E-state index in [1.807, 2.05) is 12.2 Å². The summed E-state index contributed by atoms with van der Waals surface area (Å²) in [7, 11) is 0. The monoisotopic (exact) mass is 452 g/mol. The molecule has 4 aliphatic rings. The van der Waals surface area contributed by atoms with Gasteiger partial charge in [0.25, 0.3) is 0 Å². The van der Waals surface area contributed by atoms with Crippen molar-refractivity contribution in [1.29, 1.82) is 0 Å². The van der Waals surface area contributed by atoms with Crippen LogP contribution < -0.4 is 0 Å². The highest BCUT2D eigenvalue weighted by Crippen LogP contribution is 2.71. The Balaban J connectivity index is 1.63. The van der Waals surface area contributed by atoms with E-state index in [2.05, 4.69) is 47.6 Å². The van der Waals surface area contributed by atoms with Crippen LogP contribution in [0.2, 0.25) is 0 Å². The van der Waals surface area contributed by atoms with Crippen LogP contribution in [0.15, 0.2) is 34.9 Å². The normalized spacial score (nSPS) is 40.8. The van der Waals surface area contributed by atoms with Crippen molar-refractivity contribution in [3.8, 4) is 0 Å². The number of carbonyl (C=O) groups is 2. The lowest BCUT2D eigenvalue weighted by molar-refractivity contribution is -0.132. The number of rotatable bonds is 5. The molecule has 0 spiro atoms. The van der Waals surface area contributed by atoms with Gasteiger partial charge in [0.15, 0.2) is 5.78 Å². The standard InChI is InChI=1S/C30H44O3/c1-19(9-8-10-20(2)26(32)33)21-13-17-30(7)23-11-12-24-27(3,4)25(31)15-16-28(24,5)22(23)14-18-29(21,30)6/h10,15-16,19,21,24H,8-9,11-14,17-18H2,1-7H3,(H,32,33)/b20-10+/t19-,21-,24+,28-,29-,30+/m1/s1. The van der Waals surface area contributed by atoms with Crippen LogP contribution in [0.3, 0.4) is 0 Å². The first-order valence-corrected chi connectivity index (χ1v) is 13.2. The Labute approximate surface area is 200 Å². The maximum absolute atomic E-state index is 12.7. The summed E-state index contributed by atoms with van der Waals surface area (Å²) in [6, 6.07) is 0. The minimum Gasteiger partial charge on any atom is -0.478 e. The Kier molecular flexibility index (Phi) is 5.90. The first-order valence-electron chi connectivity index (χ1n) is 13.2. The molecule has 4 aliphatic carbocycles. The quantitative estimate of drug-likeness (QED) is 0.346. The molecule has 1 saturated carbocycles. The molecule has 4 rings (SSSR count). The van der Waals surface area contributed by atoms with Crippen molar-refractivity contribution in [3.63, 3.8) is 0 Å². The van der Waals surface area contributed by atoms with Gasteiger partial charge in [0, 0.05) is 16.4 Å². The zero-order chi connectivity index (χ0) is 24.4. The molecule has 3 heteroatoms. The number of fused-ring (bicyclic) bond motifs is 4. The van der Waals surface area contributed by atoms with Crippen LogP contribution in [0.5, 0.6) is 0 Å². The first-order chi connectivity index (χ1) is 15.3. The Hall–Kier alpha value is -1.64. The average Bonchev–Trinajstić information content (AvgIpc) is 3.02. The zero-order valence-electron chi connectivity index (χ0n) is 21.9. The maximum atomic E-state index is 12.7. The van der Waals surface area contributed by atoms with Crippen LogP contribution in [0, 0.1) is 39.4 Å². The number of ketones is 1. The van der Waals surface area contributed by atoms with Crippen LogP contribution in [0.1, 0.15) is 99.8 Å². The van der Waals surface area contributed by atoms with Crippen LogP contribution in [0.4, 0.5) is 0 Å². The number of carbonyl (C=O) groups excluding carboxylic acids is 1. The van der Waals surface area contributed by atoms with Gasteiger partial charge in [0.1, 0.15) is 0 Å². The van der Waals surface area contributed by atoms with Gasteiger partial charge in [-0.3, -0.25) is 4.79 Å². The molecule has 0 bridgehead atoms. The van der Waals surface area contributed by atoms with Gasteiger partial charge in [0.05, 0.1) is 0 Å². The van der Waals surface area contributed by atoms with Crippen molar-refractivity contribution >= 4 is 11.8 Å². The highest BCUT2D eigenvalue weighted by atomic mass is 16.4. The van der Waals surface area contributed by atoms with Crippen molar-refractivity contribution in [1.82, 2.24) is 0 Å². The second-order valence-electron chi connectivity index (χ2n) is 12.9. The predicted octanol–water partition coefficient (Wildman–Crippen LogP) is 7.53. The largest absolute Gasteiger partial charge is 0.478 e. The molecule has 0 aromatic rings. The smallest absolute Gasteiger partial charge is 0.330 e. The second-order valence-corrected chi connectivity index (χ2v) is 12.9. The summed E-state index contributed by atoms with van der Waals surface area (Å²) in [5.74, 6) is 1.16. The number of carboxylic acid groups (broad SMARTS) is 1. The minimum atomic E-state index is -0.805. The van der Waals surface area contributed by atoms with Crippen molar-refractivity contribution in [2.75, 3.05) is 0 Å². The topological polar surface area (TPSA) is 54.4 Å². The van der Waals surface area contributed by atoms with Crippen molar-refractivity contribution in [2.45, 2.75) is 99.8 Å². The molecule has 0 heterocycles. The highest BCUT2D eigenvalue weighted by Gasteiger charge is 2.62. The van der Waals surface area contributed by atoms with E-state index >= 15 is 0 Å². The van der Waals surface area contributed by atoms with Gasteiger partial charge in [0.2, 0.25) is 0 Å². The molecule has 0 aromatic carbocycles. The number of allylic oxidation sites excluding steroid dienone is 5.